The predicted molar refractivity (Wildman–Crippen MR) is 82.8 cm³/mol. The van der Waals surface area contributed by atoms with Crippen LogP contribution in [0.25, 0.3) is 0 Å². The van der Waals surface area contributed by atoms with Gasteiger partial charge in [-0.2, -0.15) is 0 Å². The Balaban J connectivity index is 1.92. The van der Waals surface area contributed by atoms with Crippen molar-refractivity contribution in [2.24, 2.45) is 5.73 Å². The van der Waals surface area contributed by atoms with Crippen molar-refractivity contribution in [3.8, 4) is 0 Å². The maximum atomic E-state index is 12.1. The molecule has 4 N–H and O–H groups in total. The number of carbonyl (C=O) groups is 1. The van der Waals surface area contributed by atoms with Crippen LogP contribution in [0, 0.1) is 13.8 Å². The van der Waals surface area contributed by atoms with Gasteiger partial charge in [-0.15, -0.1) is 0 Å². The minimum absolute atomic E-state index is 0.0278. The Hall–Kier alpha value is -1.55. The van der Waals surface area contributed by atoms with E-state index in [-0.39, 0.29) is 11.4 Å². The van der Waals surface area contributed by atoms with Gasteiger partial charge in [-0.1, -0.05) is 31.0 Å². The van der Waals surface area contributed by atoms with E-state index in [1.807, 2.05) is 32.0 Å². The molecule has 20 heavy (non-hydrogen) atoms. The highest BCUT2D eigenvalue weighted by Crippen LogP contribution is 2.28. The molecular formula is C16H25N3O. The minimum Gasteiger partial charge on any atom is -0.376 e. The molecule has 4 nitrogen and oxygen atoms in total. The highest BCUT2D eigenvalue weighted by molar-refractivity contribution is 5.82. The molecule has 0 saturated heterocycles. The third kappa shape index (κ3) is 3.31. The summed E-state index contributed by atoms with van der Waals surface area (Å²) in [7, 11) is 0. The van der Waals surface area contributed by atoms with Crippen LogP contribution in [-0.4, -0.2) is 24.5 Å². The molecule has 1 saturated carbocycles. The summed E-state index contributed by atoms with van der Waals surface area (Å²) in [6.45, 7) is 4.92. The molecule has 0 aliphatic heterocycles. The van der Waals surface area contributed by atoms with Crippen molar-refractivity contribution in [2.45, 2.75) is 45.1 Å². The average molecular weight is 275 g/mol. The van der Waals surface area contributed by atoms with Crippen molar-refractivity contribution in [2.75, 3.05) is 18.4 Å². The van der Waals surface area contributed by atoms with E-state index in [1.165, 1.54) is 0 Å². The minimum atomic E-state index is -0.167. The molecule has 0 heterocycles. The molecule has 0 unspecified atom stereocenters. The predicted octanol–water partition coefficient (Wildman–Crippen LogP) is 2.10. The van der Waals surface area contributed by atoms with Gasteiger partial charge in [-0.05, 0) is 37.8 Å². The Morgan fingerprint density at radius 2 is 1.85 bits per heavy atom. The largest absolute Gasteiger partial charge is 0.376 e. The Morgan fingerprint density at radius 1 is 1.25 bits per heavy atom. The number of hydrogen-bond acceptors (Lipinski definition) is 3. The number of para-hydroxylation sites is 1. The first-order chi connectivity index (χ1) is 9.56. The van der Waals surface area contributed by atoms with E-state index in [9.17, 15) is 4.79 Å². The number of anilines is 1. The van der Waals surface area contributed by atoms with Gasteiger partial charge in [0, 0.05) is 12.2 Å². The van der Waals surface area contributed by atoms with Crippen molar-refractivity contribution >= 4 is 11.6 Å². The lowest BCUT2D eigenvalue weighted by Crippen LogP contribution is -2.53. The molecule has 4 heteroatoms. The SMILES string of the molecule is Cc1cccc(C)c1NCC(=O)NC1(CN)CCCC1. The number of aryl methyl sites for hydroxylation is 2. The molecule has 0 atom stereocenters. The summed E-state index contributed by atoms with van der Waals surface area (Å²) >= 11 is 0. The molecular weight excluding hydrogens is 250 g/mol. The van der Waals surface area contributed by atoms with Crippen LogP contribution >= 0.6 is 0 Å². The topological polar surface area (TPSA) is 67.2 Å². The molecule has 1 fully saturated rings. The van der Waals surface area contributed by atoms with Crippen LogP contribution < -0.4 is 16.4 Å². The molecule has 1 aliphatic rings. The standard InChI is InChI=1S/C16H25N3O/c1-12-6-5-7-13(2)15(12)18-10-14(20)19-16(11-17)8-3-4-9-16/h5-7,18H,3-4,8-11,17H2,1-2H3,(H,19,20). The maximum Gasteiger partial charge on any atom is 0.239 e. The van der Waals surface area contributed by atoms with Gasteiger partial charge in [0.1, 0.15) is 0 Å². The van der Waals surface area contributed by atoms with E-state index >= 15 is 0 Å². The van der Waals surface area contributed by atoms with E-state index in [2.05, 4.69) is 10.6 Å². The average Bonchev–Trinajstić information content (AvgIpc) is 2.87. The number of amides is 1. The first-order valence-electron chi connectivity index (χ1n) is 7.37. The summed E-state index contributed by atoms with van der Waals surface area (Å²) in [6, 6.07) is 6.12. The van der Waals surface area contributed by atoms with Crippen LogP contribution in [0.3, 0.4) is 0 Å². The van der Waals surface area contributed by atoms with Crippen molar-refractivity contribution in [1.29, 1.82) is 0 Å². The summed E-state index contributed by atoms with van der Waals surface area (Å²) in [5.41, 5.74) is 9.04. The molecule has 0 aromatic heterocycles. The third-order valence-corrected chi connectivity index (χ3v) is 4.26. The van der Waals surface area contributed by atoms with Crippen molar-refractivity contribution in [3.05, 3.63) is 29.3 Å². The van der Waals surface area contributed by atoms with Crippen molar-refractivity contribution < 1.29 is 4.79 Å². The van der Waals surface area contributed by atoms with Gasteiger partial charge in [-0.25, -0.2) is 0 Å². The quantitative estimate of drug-likeness (QED) is 0.771. The van der Waals surface area contributed by atoms with Crippen LogP contribution in [0.4, 0.5) is 5.69 Å². The zero-order valence-electron chi connectivity index (χ0n) is 12.5. The Bertz CT molecular complexity index is 458. The van der Waals surface area contributed by atoms with E-state index in [0.29, 0.717) is 13.1 Å². The number of carbonyl (C=O) groups excluding carboxylic acids is 1. The number of nitrogens with one attached hydrogen (secondary N) is 2. The lowest BCUT2D eigenvalue weighted by Gasteiger charge is -2.29. The summed E-state index contributed by atoms with van der Waals surface area (Å²) in [6.07, 6.45) is 4.31. The lowest BCUT2D eigenvalue weighted by molar-refractivity contribution is -0.121. The molecule has 0 spiro atoms. The third-order valence-electron chi connectivity index (χ3n) is 4.26. The normalized spacial score (nSPS) is 16.9. The van der Waals surface area contributed by atoms with E-state index in [1.54, 1.807) is 0 Å². The molecule has 1 aromatic rings. The Labute approximate surface area is 121 Å². The van der Waals surface area contributed by atoms with Crippen molar-refractivity contribution in [3.63, 3.8) is 0 Å². The van der Waals surface area contributed by atoms with Crippen LogP contribution in [0.5, 0.6) is 0 Å². The molecule has 0 radical (unpaired) electrons. The Kier molecular flexibility index (Phi) is 4.65. The summed E-state index contributed by atoms with van der Waals surface area (Å²) in [4.78, 5) is 12.1. The van der Waals surface area contributed by atoms with Gasteiger partial charge in [-0.3, -0.25) is 4.79 Å². The zero-order chi connectivity index (χ0) is 14.6. The first kappa shape index (κ1) is 14.9. The smallest absolute Gasteiger partial charge is 0.239 e. The van der Waals surface area contributed by atoms with Gasteiger partial charge >= 0.3 is 0 Å². The van der Waals surface area contributed by atoms with Crippen LogP contribution in [0.15, 0.2) is 18.2 Å². The molecule has 1 aromatic carbocycles. The van der Waals surface area contributed by atoms with Crippen LogP contribution in [0.2, 0.25) is 0 Å². The van der Waals surface area contributed by atoms with E-state index in [0.717, 1.165) is 42.5 Å². The van der Waals surface area contributed by atoms with Crippen LogP contribution in [-0.2, 0) is 4.79 Å². The summed E-state index contributed by atoms with van der Waals surface area (Å²) in [5.74, 6) is 0.0278. The van der Waals surface area contributed by atoms with Gasteiger partial charge in [0.15, 0.2) is 0 Å². The second-order valence-corrected chi connectivity index (χ2v) is 5.86. The van der Waals surface area contributed by atoms with Gasteiger partial charge in [0.25, 0.3) is 0 Å². The number of hydrogen-bond donors (Lipinski definition) is 3. The summed E-state index contributed by atoms with van der Waals surface area (Å²) in [5, 5.41) is 6.37. The number of nitrogens with two attached hydrogens (primary N) is 1. The second-order valence-electron chi connectivity index (χ2n) is 5.86. The van der Waals surface area contributed by atoms with E-state index in [4.69, 9.17) is 5.73 Å². The summed E-state index contributed by atoms with van der Waals surface area (Å²) < 4.78 is 0. The van der Waals surface area contributed by atoms with Gasteiger partial charge < -0.3 is 16.4 Å². The highest BCUT2D eigenvalue weighted by atomic mass is 16.2. The highest BCUT2D eigenvalue weighted by Gasteiger charge is 2.33. The van der Waals surface area contributed by atoms with Crippen molar-refractivity contribution in [1.82, 2.24) is 5.32 Å². The Morgan fingerprint density at radius 3 is 2.40 bits per heavy atom. The molecule has 1 amide bonds. The van der Waals surface area contributed by atoms with Gasteiger partial charge in [0.2, 0.25) is 5.91 Å². The fourth-order valence-corrected chi connectivity index (χ4v) is 3.03. The zero-order valence-corrected chi connectivity index (χ0v) is 12.5. The van der Waals surface area contributed by atoms with E-state index < -0.39 is 0 Å². The fourth-order valence-electron chi connectivity index (χ4n) is 3.03. The molecule has 110 valence electrons. The second kappa shape index (κ2) is 6.27. The maximum absolute atomic E-state index is 12.1. The molecule has 2 rings (SSSR count). The molecule has 0 bridgehead atoms. The van der Waals surface area contributed by atoms with Crippen LogP contribution in [0.1, 0.15) is 36.8 Å². The fraction of sp³-hybridized carbons (Fsp3) is 0.562. The monoisotopic (exact) mass is 275 g/mol. The first-order valence-corrected chi connectivity index (χ1v) is 7.37. The lowest BCUT2D eigenvalue weighted by atomic mass is 9.98. The molecule has 1 aliphatic carbocycles. The number of benzene rings is 1. The van der Waals surface area contributed by atoms with Gasteiger partial charge in [0.05, 0.1) is 12.1 Å². The number of rotatable bonds is 5.